The summed E-state index contributed by atoms with van der Waals surface area (Å²) in [6, 6.07) is 11.9. The molecule has 3 aromatic rings. The van der Waals surface area contributed by atoms with Crippen molar-refractivity contribution >= 4 is 40.5 Å². The smallest absolute Gasteiger partial charge is 0.257 e. The highest BCUT2D eigenvalue weighted by Crippen LogP contribution is 2.31. The average Bonchev–Trinajstić information content (AvgIpc) is 3.30. The van der Waals surface area contributed by atoms with Crippen LogP contribution in [0.1, 0.15) is 56.6 Å². The largest absolute Gasteiger partial charge is 0.368 e. The number of aromatic amines is 1. The summed E-state index contributed by atoms with van der Waals surface area (Å²) in [4.78, 5) is 25.7. The van der Waals surface area contributed by atoms with Crippen LogP contribution < -0.4 is 10.2 Å². The number of carbonyl (C=O) groups excluding carboxylic acids is 1. The van der Waals surface area contributed by atoms with Gasteiger partial charge in [-0.2, -0.15) is 0 Å². The Kier molecular flexibility index (Phi) is 7.74. The molecule has 35 heavy (non-hydrogen) atoms. The number of rotatable bonds is 6. The SMILES string of the molecule is CCN1[C@H](C)CN(c2ccc(C(=O)Nc3ccc(Cl)c(-c4ncc(C(C)C)[nH]4)c3)c(Cl)c2)C[C@@H]1C. The fourth-order valence-electron chi connectivity index (χ4n) is 4.82. The van der Waals surface area contributed by atoms with Crippen molar-refractivity contribution in [2.24, 2.45) is 0 Å². The van der Waals surface area contributed by atoms with Gasteiger partial charge < -0.3 is 15.2 Å². The number of aromatic nitrogens is 2. The van der Waals surface area contributed by atoms with Gasteiger partial charge in [0.2, 0.25) is 0 Å². The average molecular weight is 515 g/mol. The van der Waals surface area contributed by atoms with Crippen molar-refractivity contribution in [3.8, 4) is 11.4 Å². The van der Waals surface area contributed by atoms with E-state index in [9.17, 15) is 4.79 Å². The zero-order valence-corrected chi connectivity index (χ0v) is 22.4. The fourth-order valence-corrected chi connectivity index (χ4v) is 5.29. The number of hydrogen-bond donors (Lipinski definition) is 2. The Balaban J connectivity index is 1.50. The number of halogens is 2. The lowest BCUT2D eigenvalue weighted by Gasteiger charge is -2.45. The van der Waals surface area contributed by atoms with Gasteiger partial charge in [0, 0.05) is 54.0 Å². The van der Waals surface area contributed by atoms with Crippen LogP contribution in [0.15, 0.2) is 42.6 Å². The molecule has 186 valence electrons. The second-order valence-corrected chi connectivity index (χ2v) is 10.4. The maximum atomic E-state index is 13.1. The van der Waals surface area contributed by atoms with Gasteiger partial charge in [0.1, 0.15) is 5.82 Å². The molecule has 0 spiro atoms. The molecule has 0 unspecified atom stereocenters. The molecular weight excluding hydrogens is 481 g/mol. The number of nitrogens with one attached hydrogen (secondary N) is 2. The van der Waals surface area contributed by atoms with Gasteiger partial charge in [-0.15, -0.1) is 0 Å². The van der Waals surface area contributed by atoms with Crippen LogP contribution in [-0.4, -0.2) is 52.5 Å². The Hall–Kier alpha value is -2.54. The molecule has 1 aliphatic rings. The minimum Gasteiger partial charge on any atom is -0.368 e. The van der Waals surface area contributed by atoms with Crippen molar-refractivity contribution in [3.05, 3.63) is 63.9 Å². The highest BCUT2D eigenvalue weighted by atomic mass is 35.5. The molecule has 2 aromatic carbocycles. The van der Waals surface area contributed by atoms with E-state index < -0.39 is 0 Å². The first-order valence-electron chi connectivity index (χ1n) is 12.1. The number of likely N-dealkylation sites (N-methyl/N-ethyl adjacent to an activating group) is 1. The monoisotopic (exact) mass is 513 g/mol. The molecule has 1 saturated heterocycles. The van der Waals surface area contributed by atoms with Crippen molar-refractivity contribution in [1.29, 1.82) is 0 Å². The number of imidazole rings is 1. The van der Waals surface area contributed by atoms with E-state index in [-0.39, 0.29) is 5.91 Å². The summed E-state index contributed by atoms with van der Waals surface area (Å²) >= 11 is 13.0. The maximum Gasteiger partial charge on any atom is 0.257 e. The van der Waals surface area contributed by atoms with Gasteiger partial charge in [-0.3, -0.25) is 9.69 Å². The van der Waals surface area contributed by atoms with E-state index in [4.69, 9.17) is 23.2 Å². The molecule has 1 aliphatic heterocycles. The molecule has 1 aromatic heterocycles. The van der Waals surface area contributed by atoms with Crippen LogP contribution >= 0.6 is 23.2 Å². The Morgan fingerprint density at radius 2 is 1.83 bits per heavy atom. The first kappa shape index (κ1) is 25.5. The summed E-state index contributed by atoms with van der Waals surface area (Å²) < 4.78 is 0. The lowest BCUT2D eigenvalue weighted by molar-refractivity contribution is 0.102. The summed E-state index contributed by atoms with van der Waals surface area (Å²) in [5, 5.41) is 3.94. The minimum atomic E-state index is -0.269. The third-order valence-electron chi connectivity index (χ3n) is 6.73. The predicted molar refractivity (Wildman–Crippen MR) is 146 cm³/mol. The van der Waals surface area contributed by atoms with Crippen LogP contribution in [0, 0.1) is 0 Å². The third-order valence-corrected chi connectivity index (χ3v) is 7.37. The van der Waals surface area contributed by atoms with E-state index in [1.54, 1.807) is 18.2 Å². The summed E-state index contributed by atoms with van der Waals surface area (Å²) in [5.41, 5.74) is 3.84. The maximum absolute atomic E-state index is 13.1. The van der Waals surface area contributed by atoms with Crippen LogP contribution in [0.25, 0.3) is 11.4 Å². The first-order valence-corrected chi connectivity index (χ1v) is 12.9. The van der Waals surface area contributed by atoms with Gasteiger partial charge >= 0.3 is 0 Å². The predicted octanol–water partition coefficient (Wildman–Crippen LogP) is 6.68. The third kappa shape index (κ3) is 5.50. The van der Waals surface area contributed by atoms with E-state index in [0.717, 1.165) is 36.6 Å². The highest BCUT2D eigenvalue weighted by Gasteiger charge is 2.28. The zero-order chi connectivity index (χ0) is 25.3. The summed E-state index contributed by atoms with van der Waals surface area (Å²) in [5.74, 6) is 0.725. The molecule has 0 aliphatic carbocycles. The first-order chi connectivity index (χ1) is 16.7. The van der Waals surface area contributed by atoms with Gasteiger partial charge in [0.05, 0.1) is 15.6 Å². The number of H-pyrrole nitrogens is 1. The molecule has 1 amide bonds. The Labute approximate surface area is 217 Å². The van der Waals surface area contributed by atoms with Gasteiger partial charge in [-0.1, -0.05) is 44.0 Å². The molecule has 0 saturated carbocycles. The van der Waals surface area contributed by atoms with Crippen molar-refractivity contribution < 1.29 is 4.79 Å². The van der Waals surface area contributed by atoms with Crippen LogP contribution in [-0.2, 0) is 0 Å². The molecular formula is C27H33Cl2N5O. The van der Waals surface area contributed by atoms with Crippen LogP contribution in [0.3, 0.4) is 0 Å². The zero-order valence-electron chi connectivity index (χ0n) is 20.9. The normalized spacial score (nSPS) is 18.8. The van der Waals surface area contributed by atoms with E-state index in [0.29, 0.717) is 45.1 Å². The number of benzene rings is 2. The number of carbonyl (C=O) groups is 1. The van der Waals surface area contributed by atoms with Crippen LogP contribution in [0.4, 0.5) is 11.4 Å². The quantitative estimate of drug-likeness (QED) is 0.385. The molecule has 2 heterocycles. The van der Waals surface area contributed by atoms with Crippen LogP contribution in [0.2, 0.25) is 10.0 Å². The number of nitrogens with zero attached hydrogens (tertiary/aromatic N) is 3. The van der Waals surface area contributed by atoms with E-state index in [1.165, 1.54) is 0 Å². The lowest BCUT2D eigenvalue weighted by atomic mass is 10.1. The topological polar surface area (TPSA) is 64.3 Å². The van der Waals surface area contributed by atoms with Crippen molar-refractivity contribution in [3.63, 3.8) is 0 Å². The van der Waals surface area contributed by atoms with Crippen LogP contribution in [0.5, 0.6) is 0 Å². The highest BCUT2D eigenvalue weighted by molar-refractivity contribution is 6.35. The summed E-state index contributed by atoms with van der Waals surface area (Å²) in [6.07, 6.45) is 1.81. The number of piperazine rings is 1. The van der Waals surface area contributed by atoms with Crippen molar-refractivity contribution in [2.45, 2.75) is 52.6 Å². The molecule has 2 atom stereocenters. The number of hydrogen-bond acceptors (Lipinski definition) is 4. The molecule has 6 nitrogen and oxygen atoms in total. The van der Waals surface area contributed by atoms with Gasteiger partial charge in [-0.25, -0.2) is 4.98 Å². The van der Waals surface area contributed by atoms with Gasteiger partial charge in [-0.05, 0) is 62.7 Å². The summed E-state index contributed by atoms with van der Waals surface area (Å²) in [6.45, 7) is 13.8. The summed E-state index contributed by atoms with van der Waals surface area (Å²) in [7, 11) is 0. The standard InChI is InChI=1S/C27H33Cl2N5O/c1-6-34-17(4)14-33(15-18(34)5)20-8-9-21(24(29)12-20)27(35)31-19-7-10-23(28)22(11-19)26-30-13-25(32-26)16(2)3/h7-13,16-18H,6,14-15H2,1-5H3,(H,30,32)(H,31,35)/t17-,18+. The van der Waals surface area contributed by atoms with E-state index in [1.807, 2.05) is 24.4 Å². The molecule has 4 rings (SSSR count). The Morgan fingerprint density at radius 1 is 1.11 bits per heavy atom. The lowest BCUT2D eigenvalue weighted by Crippen LogP contribution is -2.56. The van der Waals surface area contributed by atoms with E-state index >= 15 is 0 Å². The Bertz CT molecular complexity index is 1200. The Morgan fingerprint density at radius 3 is 2.43 bits per heavy atom. The minimum absolute atomic E-state index is 0.269. The molecule has 0 radical (unpaired) electrons. The fraction of sp³-hybridized carbons (Fsp3) is 0.407. The molecule has 1 fully saturated rings. The van der Waals surface area contributed by atoms with Crippen molar-refractivity contribution in [2.75, 3.05) is 29.9 Å². The second kappa shape index (κ2) is 10.6. The van der Waals surface area contributed by atoms with Crippen molar-refractivity contribution in [1.82, 2.24) is 14.9 Å². The molecule has 2 N–H and O–H groups in total. The van der Waals surface area contributed by atoms with E-state index in [2.05, 4.69) is 59.7 Å². The number of amides is 1. The second-order valence-electron chi connectivity index (χ2n) is 9.59. The molecule has 0 bridgehead atoms. The molecule has 8 heteroatoms. The van der Waals surface area contributed by atoms with Gasteiger partial charge in [0.15, 0.2) is 0 Å². The van der Waals surface area contributed by atoms with Gasteiger partial charge in [0.25, 0.3) is 5.91 Å². The number of anilines is 2.